The van der Waals surface area contributed by atoms with E-state index < -0.39 is 0 Å². The molecule has 1 saturated carbocycles. The third-order valence-corrected chi connectivity index (χ3v) is 3.57. The molecule has 80 valence electrons. The van der Waals surface area contributed by atoms with Gasteiger partial charge in [-0.25, -0.2) is 0 Å². The van der Waals surface area contributed by atoms with Crippen LogP contribution in [0.2, 0.25) is 0 Å². The van der Waals surface area contributed by atoms with Gasteiger partial charge in [0.15, 0.2) is 0 Å². The SMILES string of the molecule is C=C1CCCC(C)(C)C1CCCC=O. The van der Waals surface area contributed by atoms with E-state index in [0.29, 0.717) is 17.8 Å². The highest BCUT2D eigenvalue weighted by atomic mass is 16.1. The topological polar surface area (TPSA) is 17.1 Å². The fourth-order valence-corrected chi connectivity index (χ4v) is 2.67. The number of hydrogen-bond acceptors (Lipinski definition) is 1. The van der Waals surface area contributed by atoms with Gasteiger partial charge >= 0.3 is 0 Å². The normalized spacial score (nSPS) is 26.1. The van der Waals surface area contributed by atoms with E-state index in [1.165, 1.54) is 24.8 Å². The standard InChI is InChI=1S/C13H22O/c1-11-7-6-9-13(2,3)12(11)8-4-5-10-14/h10,12H,1,4-9H2,2-3H3. The number of carbonyl (C=O) groups excluding carboxylic acids is 1. The van der Waals surface area contributed by atoms with Gasteiger partial charge in [0.2, 0.25) is 0 Å². The van der Waals surface area contributed by atoms with E-state index in [9.17, 15) is 4.79 Å². The summed E-state index contributed by atoms with van der Waals surface area (Å²) in [6, 6.07) is 0. The summed E-state index contributed by atoms with van der Waals surface area (Å²) < 4.78 is 0. The van der Waals surface area contributed by atoms with Crippen LogP contribution in [0, 0.1) is 11.3 Å². The summed E-state index contributed by atoms with van der Waals surface area (Å²) in [5, 5.41) is 0. The summed E-state index contributed by atoms with van der Waals surface area (Å²) in [5.41, 5.74) is 1.81. The number of carbonyl (C=O) groups is 1. The first kappa shape index (κ1) is 11.5. The van der Waals surface area contributed by atoms with Crippen LogP contribution in [0.25, 0.3) is 0 Å². The first-order chi connectivity index (χ1) is 6.58. The van der Waals surface area contributed by atoms with Gasteiger partial charge in [-0.1, -0.05) is 26.0 Å². The van der Waals surface area contributed by atoms with Crippen molar-refractivity contribution in [3.63, 3.8) is 0 Å². The van der Waals surface area contributed by atoms with Crippen molar-refractivity contribution < 1.29 is 4.79 Å². The van der Waals surface area contributed by atoms with Crippen LogP contribution in [-0.2, 0) is 4.79 Å². The molecule has 0 aromatic heterocycles. The molecular weight excluding hydrogens is 172 g/mol. The van der Waals surface area contributed by atoms with Gasteiger partial charge in [-0.3, -0.25) is 0 Å². The molecule has 0 saturated heterocycles. The maximum atomic E-state index is 10.3. The molecule has 1 aliphatic carbocycles. The summed E-state index contributed by atoms with van der Waals surface area (Å²) >= 11 is 0. The Morgan fingerprint density at radius 1 is 1.57 bits per heavy atom. The molecule has 1 fully saturated rings. The highest BCUT2D eigenvalue weighted by molar-refractivity contribution is 5.49. The van der Waals surface area contributed by atoms with E-state index in [1.54, 1.807) is 0 Å². The Hall–Kier alpha value is -0.590. The van der Waals surface area contributed by atoms with Gasteiger partial charge in [0.05, 0.1) is 0 Å². The molecule has 0 bridgehead atoms. The van der Waals surface area contributed by atoms with Gasteiger partial charge in [0.25, 0.3) is 0 Å². The molecule has 0 N–H and O–H groups in total. The molecule has 1 unspecified atom stereocenters. The third-order valence-electron chi connectivity index (χ3n) is 3.57. The van der Waals surface area contributed by atoms with Crippen molar-refractivity contribution in [2.24, 2.45) is 11.3 Å². The number of hydrogen-bond donors (Lipinski definition) is 0. The lowest BCUT2D eigenvalue weighted by Crippen LogP contribution is -2.29. The van der Waals surface area contributed by atoms with Crippen LogP contribution in [0.4, 0.5) is 0 Å². The average Bonchev–Trinajstić information content (AvgIpc) is 2.09. The van der Waals surface area contributed by atoms with E-state index in [1.807, 2.05) is 0 Å². The van der Waals surface area contributed by atoms with Gasteiger partial charge < -0.3 is 4.79 Å². The molecule has 0 amide bonds. The van der Waals surface area contributed by atoms with Crippen LogP contribution in [-0.4, -0.2) is 6.29 Å². The fourth-order valence-electron chi connectivity index (χ4n) is 2.67. The number of unbranched alkanes of at least 4 members (excludes halogenated alkanes) is 1. The molecule has 0 heterocycles. The first-order valence-corrected chi connectivity index (χ1v) is 5.69. The zero-order valence-electron chi connectivity index (χ0n) is 9.51. The van der Waals surface area contributed by atoms with E-state index in [4.69, 9.17) is 0 Å². The summed E-state index contributed by atoms with van der Waals surface area (Å²) in [5.74, 6) is 0.635. The van der Waals surface area contributed by atoms with Crippen LogP contribution in [0.15, 0.2) is 12.2 Å². The van der Waals surface area contributed by atoms with Crippen LogP contribution in [0.5, 0.6) is 0 Å². The smallest absolute Gasteiger partial charge is 0.119 e. The lowest BCUT2D eigenvalue weighted by atomic mass is 9.65. The Kier molecular flexibility index (Phi) is 3.91. The van der Waals surface area contributed by atoms with Gasteiger partial charge in [-0.15, -0.1) is 0 Å². The highest BCUT2D eigenvalue weighted by Gasteiger charge is 2.33. The van der Waals surface area contributed by atoms with E-state index in [-0.39, 0.29) is 0 Å². The quantitative estimate of drug-likeness (QED) is 0.378. The van der Waals surface area contributed by atoms with E-state index >= 15 is 0 Å². The molecule has 1 atom stereocenters. The second kappa shape index (κ2) is 4.77. The predicted molar refractivity (Wildman–Crippen MR) is 60.2 cm³/mol. The molecule has 14 heavy (non-hydrogen) atoms. The number of aldehydes is 1. The van der Waals surface area contributed by atoms with Crippen molar-refractivity contribution in [3.05, 3.63) is 12.2 Å². The van der Waals surface area contributed by atoms with Crippen molar-refractivity contribution >= 4 is 6.29 Å². The van der Waals surface area contributed by atoms with E-state index in [0.717, 1.165) is 19.1 Å². The second-order valence-electron chi connectivity index (χ2n) is 5.15. The Morgan fingerprint density at radius 2 is 2.29 bits per heavy atom. The highest BCUT2D eigenvalue weighted by Crippen LogP contribution is 2.45. The molecular formula is C13H22O. The van der Waals surface area contributed by atoms with Gasteiger partial charge in [0.1, 0.15) is 6.29 Å². The van der Waals surface area contributed by atoms with Crippen LogP contribution < -0.4 is 0 Å². The van der Waals surface area contributed by atoms with Gasteiger partial charge in [-0.05, 0) is 43.4 Å². The van der Waals surface area contributed by atoms with Crippen LogP contribution >= 0.6 is 0 Å². The summed E-state index contributed by atoms with van der Waals surface area (Å²) in [4.78, 5) is 10.3. The zero-order valence-corrected chi connectivity index (χ0v) is 9.51. The molecule has 0 aliphatic heterocycles. The van der Waals surface area contributed by atoms with Crippen molar-refractivity contribution in [1.29, 1.82) is 0 Å². The minimum absolute atomic E-state index is 0.401. The molecule has 0 aromatic rings. The molecule has 1 heteroatoms. The maximum Gasteiger partial charge on any atom is 0.119 e. The lowest BCUT2D eigenvalue weighted by molar-refractivity contribution is -0.108. The first-order valence-electron chi connectivity index (χ1n) is 5.69. The van der Waals surface area contributed by atoms with Crippen LogP contribution in [0.3, 0.4) is 0 Å². The lowest BCUT2D eigenvalue weighted by Gasteiger charge is -2.40. The molecule has 1 aliphatic rings. The van der Waals surface area contributed by atoms with Gasteiger partial charge in [-0.2, -0.15) is 0 Å². The number of allylic oxidation sites excluding steroid dienone is 1. The predicted octanol–water partition coefficient (Wildman–Crippen LogP) is 3.74. The Morgan fingerprint density at radius 3 is 2.86 bits per heavy atom. The maximum absolute atomic E-state index is 10.3. The summed E-state index contributed by atoms with van der Waals surface area (Å²) in [6.07, 6.45) is 7.68. The number of rotatable bonds is 4. The van der Waals surface area contributed by atoms with Crippen LogP contribution in [0.1, 0.15) is 52.4 Å². The van der Waals surface area contributed by atoms with Crippen molar-refractivity contribution in [1.82, 2.24) is 0 Å². The Labute approximate surface area is 87.6 Å². The summed E-state index contributed by atoms with van der Waals surface area (Å²) in [6.45, 7) is 8.85. The fraction of sp³-hybridized carbons (Fsp3) is 0.769. The minimum Gasteiger partial charge on any atom is -0.303 e. The zero-order chi connectivity index (χ0) is 10.6. The molecule has 0 radical (unpaired) electrons. The van der Waals surface area contributed by atoms with Gasteiger partial charge in [0, 0.05) is 6.42 Å². The molecule has 1 rings (SSSR count). The van der Waals surface area contributed by atoms with Crippen molar-refractivity contribution in [3.8, 4) is 0 Å². The van der Waals surface area contributed by atoms with Crippen molar-refractivity contribution in [2.75, 3.05) is 0 Å². The minimum atomic E-state index is 0.401. The second-order valence-corrected chi connectivity index (χ2v) is 5.15. The third kappa shape index (κ3) is 2.70. The Balaban J connectivity index is 2.52. The summed E-state index contributed by atoms with van der Waals surface area (Å²) in [7, 11) is 0. The van der Waals surface area contributed by atoms with E-state index in [2.05, 4.69) is 20.4 Å². The molecule has 1 nitrogen and oxygen atoms in total. The molecule has 0 spiro atoms. The average molecular weight is 194 g/mol. The monoisotopic (exact) mass is 194 g/mol. The largest absolute Gasteiger partial charge is 0.303 e. The Bertz CT molecular complexity index is 215. The molecule has 0 aromatic carbocycles. The van der Waals surface area contributed by atoms with Crippen molar-refractivity contribution in [2.45, 2.75) is 52.4 Å².